The number of aryl methyl sites for hydroxylation is 1. The molecule has 144 valence electrons. The molecule has 1 aliphatic rings. The van der Waals surface area contributed by atoms with Gasteiger partial charge in [0.25, 0.3) is 0 Å². The number of amides is 3. The van der Waals surface area contributed by atoms with E-state index in [2.05, 4.69) is 21.0 Å². The number of hydrogen-bond acceptors (Lipinski definition) is 4. The van der Waals surface area contributed by atoms with Crippen molar-refractivity contribution in [2.75, 3.05) is 18.5 Å². The fourth-order valence-corrected chi connectivity index (χ4v) is 3.23. The molecule has 8 heteroatoms. The zero-order chi connectivity index (χ0) is 19.2. The van der Waals surface area contributed by atoms with E-state index in [4.69, 9.17) is 4.74 Å². The average molecular weight is 371 g/mol. The van der Waals surface area contributed by atoms with Gasteiger partial charge in [-0.25, -0.2) is 4.79 Å². The molecule has 3 N–H and O–H groups in total. The first-order valence-corrected chi connectivity index (χ1v) is 9.14. The molecule has 0 spiro atoms. The summed E-state index contributed by atoms with van der Waals surface area (Å²) in [6, 6.07) is 6.65. The Labute approximate surface area is 158 Å². The molecule has 0 fully saturated rings. The highest BCUT2D eigenvalue weighted by atomic mass is 16.5. The second-order valence-corrected chi connectivity index (χ2v) is 6.45. The van der Waals surface area contributed by atoms with Crippen LogP contribution in [0.25, 0.3) is 0 Å². The first-order valence-electron chi connectivity index (χ1n) is 9.14. The Morgan fingerprint density at radius 3 is 2.81 bits per heavy atom. The summed E-state index contributed by atoms with van der Waals surface area (Å²) in [7, 11) is 1.91. The van der Waals surface area contributed by atoms with E-state index in [-0.39, 0.29) is 24.5 Å². The molecule has 3 amide bonds. The molecular formula is C19H25N5O3. The third-order valence-electron chi connectivity index (χ3n) is 4.54. The lowest BCUT2D eigenvalue weighted by Gasteiger charge is -2.23. The van der Waals surface area contributed by atoms with Gasteiger partial charge in [0.15, 0.2) is 0 Å². The Hall–Kier alpha value is -3.03. The van der Waals surface area contributed by atoms with E-state index >= 15 is 0 Å². The molecule has 1 aliphatic carbocycles. The molecule has 0 unspecified atom stereocenters. The van der Waals surface area contributed by atoms with Gasteiger partial charge in [-0.3, -0.25) is 9.48 Å². The summed E-state index contributed by atoms with van der Waals surface area (Å²) >= 11 is 0. The Kier molecular flexibility index (Phi) is 5.95. The molecule has 2 aromatic rings. The zero-order valence-electron chi connectivity index (χ0n) is 15.6. The maximum Gasteiger partial charge on any atom is 0.315 e. The third-order valence-corrected chi connectivity index (χ3v) is 4.54. The molecule has 0 bridgehead atoms. The second-order valence-electron chi connectivity index (χ2n) is 6.45. The van der Waals surface area contributed by atoms with Crippen molar-refractivity contribution >= 4 is 17.6 Å². The van der Waals surface area contributed by atoms with Crippen molar-refractivity contribution in [3.63, 3.8) is 0 Å². The van der Waals surface area contributed by atoms with E-state index in [1.807, 2.05) is 18.7 Å². The van der Waals surface area contributed by atoms with Gasteiger partial charge in [-0.2, -0.15) is 5.10 Å². The number of nitrogens with one attached hydrogen (secondary N) is 3. The summed E-state index contributed by atoms with van der Waals surface area (Å²) in [5, 5.41) is 12.5. The standard InChI is InChI=1S/C19H25N5O3/c1-3-27-14-9-7-13(8-10-14)22-18(25)12-20-19(26)23-16-5-4-6-17-15(16)11-21-24(17)2/h7-11,16H,3-6,12H2,1-2H3,(H,22,25)(H2,20,23,26)/t16-/m1/s1. The highest BCUT2D eigenvalue weighted by molar-refractivity contribution is 5.94. The van der Waals surface area contributed by atoms with Crippen LogP contribution in [0.5, 0.6) is 5.75 Å². The number of rotatable bonds is 6. The number of urea groups is 1. The molecule has 0 saturated carbocycles. The van der Waals surface area contributed by atoms with Crippen molar-refractivity contribution in [3.05, 3.63) is 41.7 Å². The van der Waals surface area contributed by atoms with Crippen molar-refractivity contribution in [3.8, 4) is 5.75 Å². The van der Waals surface area contributed by atoms with E-state index in [9.17, 15) is 9.59 Å². The van der Waals surface area contributed by atoms with Crippen LogP contribution in [0.15, 0.2) is 30.5 Å². The van der Waals surface area contributed by atoms with Gasteiger partial charge in [0.05, 0.1) is 25.4 Å². The van der Waals surface area contributed by atoms with Crippen LogP contribution in [0.3, 0.4) is 0 Å². The molecule has 1 aromatic heterocycles. The SMILES string of the molecule is CCOc1ccc(NC(=O)CNC(=O)N[C@@H]2CCCc3c2cnn3C)cc1. The molecule has 0 aliphatic heterocycles. The minimum Gasteiger partial charge on any atom is -0.494 e. The van der Waals surface area contributed by atoms with Gasteiger partial charge < -0.3 is 20.7 Å². The summed E-state index contributed by atoms with van der Waals surface area (Å²) in [6.07, 6.45) is 4.63. The van der Waals surface area contributed by atoms with Crippen LogP contribution in [0, 0.1) is 0 Å². The third kappa shape index (κ3) is 4.78. The van der Waals surface area contributed by atoms with E-state index in [1.54, 1.807) is 30.5 Å². The quantitative estimate of drug-likeness (QED) is 0.725. The minimum absolute atomic E-state index is 0.0726. The number of fused-ring (bicyclic) bond motifs is 1. The predicted octanol–water partition coefficient (Wildman–Crippen LogP) is 2.13. The van der Waals surface area contributed by atoms with Crippen molar-refractivity contribution in [2.24, 2.45) is 7.05 Å². The first kappa shape index (κ1) is 18.8. The molecule has 0 saturated heterocycles. The number of hydrogen-bond donors (Lipinski definition) is 3. The fourth-order valence-electron chi connectivity index (χ4n) is 3.23. The highest BCUT2D eigenvalue weighted by Gasteiger charge is 2.24. The number of anilines is 1. The lowest BCUT2D eigenvalue weighted by Crippen LogP contribution is -2.42. The maximum atomic E-state index is 12.2. The van der Waals surface area contributed by atoms with Crippen molar-refractivity contribution in [1.29, 1.82) is 0 Å². The predicted molar refractivity (Wildman–Crippen MR) is 102 cm³/mol. The van der Waals surface area contributed by atoms with Crippen LogP contribution < -0.4 is 20.7 Å². The number of carbonyl (C=O) groups is 2. The van der Waals surface area contributed by atoms with Crippen molar-refractivity contribution < 1.29 is 14.3 Å². The summed E-state index contributed by atoms with van der Waals surface area (Å²) in [4.78, 5) is 24.2. The van der Waals surface area contributed by atoms with E-state index < -0.39 is 0 Å². The minimum atomic E-state index is -0.362. The number of nitrogens with zero attached hydrogens (tertiary/aromatic N) is 2. The monoisotopic (exact) mass is 371 g/mol. The molecule has 8 nitrogen and oxygen atoms in total. The van der Waals surface area contributed by atoms with Gasteiger partial charge in [-0.1, -0.05) is 0 Å². The summed E-state index contributed by atoms with van der Waals surface area (Å²) in [5.41, 5.74) is 2.86. The maximum absolute atomic E-state index is 12.2. The van der Waals surface area contributed by atoms with Crippen LogP contribution in [0.1, 0.15) is 37.1 Å². The smallest absolute Gasteiger partial charge is 0.315 e. The van der Waals surface area contributed by atoms with Gasteiger partial charge in [0.1, 0.15) is 5.75 Å². The molecule has 0 radical (unpaired) electrons. The molecule has 3 rings (SSSR count). The summed E-state index contributed by atoms with van der Waals surface area (Å²) < 4.78 is 7.21. The van der Waals surface area contributed by atoms with E-state index in [0.29, 0.717) is 12.3 Å². The van der Waals surface area contributed by atoms with Gasteiger partial charge in [0, 0.05) is 24.0 Å². The summed E-state index contributed by atoms with van der Waals surface area (Å²) in [6.45, 7) is 2.40. The van der Waals surface area contributed by atoms with Gasteiger partial charge in [0.2, 0.25) is 5.91 Å². The molecular weight excluding hydrogens is 346 g/mol. The summed E-state index contributed by atoms with van der Waals surface area (Å²) in [5.74, 6) is 0.454. The van der Waals surface area contributed by atoms with Gasteiger partial charge in [-0.05, 0) is 50.5 Å². The van der Waals surface area contributed by atoms with Gasteiger partial charge in [-0.15, -0.1) is 0 Å². The Morgan fingerprint density at radius 1 is 1.30 bits per heavy atom. The van der Waals surface area contributed by atoms with Crippen LogP contribution in [-0.2, 0) is 18.3 Å². The molecule has 27 heavy (non-hydrogen) atoms. The fraction of sp³-hybridized carbons (Fsp3) is 0.421. The molecule has 1 heterocycles. The lowest BCUT2D eigenvalue weighted by molar-refractivity contribution is -0.115. The van der Waals surface area contributed by atoms with Crippen LogP contribution in [-0.4, -0.2) is 34.9 Å². The number of benzene rings is 1. The Bertz CT molecular complexity index is 800. The number of ether oxygens (including phenoxy) is 1. The van der Waals surface area contributed by atoms with E-state index in [1.165, 1.54) is 0 Å². The Balaban J connectivity index is 1.46. The number of aromatic nitrogens is 2. The average Bonchev–Trinajstić information content (AvgIpc) is 3.04. The van der Waals surface area contributed by atoms with Gasteiger partial charge >= 0.3 is 6.03 Å². The number of carbonyl (C=O) groups excluding carboxylic acids is 2. The molecule has 1 atom stereocenters. The van der Waals surface area contributed by atoms with Crippen LogP contribution >= 0.6 is 0 Å². The zero-order valence-corrected chi connectivity index (χ0v) is 15.6. The topological polar surface area (TPSA) is 97.3 Å². The van der Waals surface area contributed by atoms with Crippen LogP contribution in [0.4, 0.5) is 10.5 Å². The normalized spacial score (nSPS) is 15.6. The first-order chi connectivity index (χ1) is 13.1. The highest BCUT2D eigenvalue weighted by Crippen LogP contribution is 2.28. The lowest BCUT2D eigenvalue weighted by atomic mass is 9.93. The van der Waals surface area contributed by atoms with Crippen molar-refractivity contribution in [2.45, 2.75) is 32.2 Å². The van der Waals surface area contributed by atoms with Crippen LogP contribution in [0.2, 0.25) is 0 Å². The largest absolute Gasteiger partial charge is 0.494 e. The van der Waals surface area contributed by atoms with Crippen molar-refractivity contribution in [1.82, 2.24) is 20.4 Å². The van der Waals surface area contributed by atoms with E-state index in [0.717, 1.165) is 36.3 Å². The molecule has 1 aromatic carbocycles. The second kappa shape index (κ2) is 8.57. The Morgan fingerprint density at radius 2 is 2.07 bits per heavy atom.